The Morgan fingerprint density at radius 3 is 2.33 bits per heavy atom. The van der Waals surface area contributed by atoms with E-state index in [1.54, 1.807) is 0 Å². The van der Waals surface area contributed by atoms with Gasteiger partial charge in [-0.05, 0) is 40.4 Å². The third-order valence-corrected chi connectivity index (χ3v) is 5.62. The second-order valence-electron chi connectivity index (χ2n) is 7.96. The molecular weight excluding hydrogens is 309 g/mol. The van der Waals surface area contributed by atoms with Gasteiger partial charge in [-0.1, -0.05) is 6.42 Å². The van der Waals surface area contributed by atoms with Gasteiger partial charge in [0.05, 0.1) is 11.2 Å². The van der Waals surface area contributed by atoms with Crippen LogP contribution in [0.5, 0.6) is 0 Å². The topological polar surface area (TPSA) is 103 Å². The minimum Gasteiger partial charge on any atom is -0.403 e. The molecule has 0 aromatic heterocycles. The summed E-state index contributed by atoms with van der Waals surface area (Å²) in [5.41, 5.74) is 3.93. The van der Waals surface area contributed by atoms with Crippen molar-refractivity contribution in [3.63, 3.8) is 0 Å². The van der Waals surface area contributed by atoms with E-state index in [0.29, 0.717) is 13.1 Å². The molecule has 0 radical (unpaired) electrons. The van der Waals surface area contributed by atoms with Crippen molar-refractivity contribution in [1.29, 1.82) is 0 Å². The smallest absolute Gasteiger partial charge is 0.403 e. The lowest BCUT2D eigenvalue weighted by Gasteiger charge is -2.32. The van der Waals surface area contributed by atoms with Crippen LogP contribution in [0.1, 0.15) is 47.5 Å². The highest BCUT2D eigenvalue weighted by atomic mass is 16.7. The average Bonchev–Trinajstić information content (AvgIpc) is 2.89. The Kier molecular flexibility index (Phi) is 5.32. The van der Waals surface area contributed by atoms with Crippen LogP contribution in [0.15, 0.2) is 0 Å². The van der Waals surface area contributed by atoms with Gasteiger partial charge in [0, 0.05) is 25.9 Å². The van der Waals surface area contributed by atoms with E-state index in [-0.39, 0.29) is 30.1 Å². The molecule has 0 aromatic rings. The number of nitrogens with one attached hydrogen (secondary N) is 2. The number of rotatable bonds is 6. The average molecular weight is 339 g/mol. The summed E-state index contributed by atoms with van der Waals surface area (Å²) >= 11 is 0. The quantitative estimate of drug-likeness (QED) is 0.610. The molecule has 0 aliphatic carbocycles. The van der Waals surface area contributed by atoms with Gasteiger partial charge >= 0.3 is 7.12 Å². The highest BCUT2D eigenvalue weighted by Gasteiger charge is 2.51. The van der Waals surface area contributed by atoms with Crippen LogP contribution in [-0.2, 0) is 18.9 Å². The van der Waals surface area contributed by atoms with E-state index in [2.05, 4.69) is 10.6 Å². The molecule has 8 heteroatoms. The zero-order valence-electron chi connectivity index (χ0n) is 15.4. The molecule has 0 aromatic carbocycles. The van der Waals surface area contributed by atoms with Gasteiger partial charge in [0.1, 0.15) is 5.54 Å². The molecule has 2 saturated heterocycles. The molecule has 7 nitrogen and oxygen atoms in total. The lowest BCUT2D eigenvalue weighted by Crippen LogP contribution is -2.62. The molecule has 2 amide bonds. The molecule has 0 saturated carbocycles. The maximum absolute atomic E-state index is 12.0. The number of amides is 2. The summed E-state index contributed by atoms with van der Waals surface area (Å²) in [6.45, 7) is 10.6. The monoisotopic (exact) mass is 339 g/mol. The number of primary amides is 1. The fraction of sp³-hybridized carbons (Fsp3) is 0.875. The molecule has 0 spiro atoms. The van der Waals surface area contributed by atoms with Crippen molar-refractivity contribution < 1.29 is 18.9 Å². The fourth-order valence-corrected chi connectivity index (χ4v) is 3.53. The van der Waals surface area contributed by atoms with Crippen LogP contribution in [0.4, 0.5) is 0 Å². The first kappa shape index (κ1) is 19.2. The summed E-state index contributed by atoms with van der Waals surface area (Å²) in [7, 11) is -0.242. The molecule has 2 aliphatic heterocycles. The zero-order valence-corrected chi connectivity index (χ0v) is 15.4. The van der Waals surface area contributed by atoms with Crippen LogP contribution in [0, 0.1) is 5.92 Å². The third kappa shape index (κ3) is 3.60. The Balaban J connectivity index is 1.92. The summed E-state index contributed by atoms with van der Waals surface area (Å²) in [6.07, 6.45) is 2.34. The van der Waals surface area contributed by atoms with E-state index in [1.807, 2.05) is 27.7 Å². The standard InChI is InChI=1S/C16H30BN3O4/c1-11(21)20-16(13(18)22)10-19-9-12(16)7-6-8-17-23-14(2,3)15(4,5)24-17/h12,19H,6-10H2,1-5H3,(H2,18,22)(H,20,21)/t12-,16-/m0/s1. The first-order chi connectivity index (χ1) is 11.0. The maximum Gasteiger partial charge on any atom is 0.457 e. The number of hydrogen-bond donors (Lipinski definition) is 3. The fourth-order valence-electron chi connectivity index (χ4n) is 3.53. The Bertz CT molecular complexity index is 496. The third-order valence-electron chi connectivity index (χ3n) is 5.62. The first-order valence-corrected chi connectivity index (χ1v) is 8.65. The minimum atomic E-state index is -0.998. The molecule has 0 unspecified atom stereocenters. The molecule has 2 atom stereocenters. The van der Waals surface area contributed by atoms with Crippen molar-refractivity contribution >= 4 is 18.9 Å². The van der Waals surface area contributed by atoms with E-state index in [0.717, 1.165) is 19.2 Å². The van der Waals surface area contributed by atoms with Crippen LogP contribution in [0.3, 0.4) is 0 Å². The van der Waals surface area contributed by atoms with Crippen molar-refractivity contribution in [3.05, 3.63) is 0 Å². The van der Waals surface area contributed by atoms with E-state index >= 15 is 0 Å². The van der Waals surface area contributed by atoms with Crippen molar-refractivity contribution in [1.82, 2.24) is 10.6 Å². The van der Waals surface area contributed by atoms with Crippen LogP contribution in [-0.4, -0.2) is 48.8 Å². The van der Waals surface area contributed by atoms with Crippen LogP contribution in [0.2, 0.25) is 6.32 Å². The molecule has 2 aliphatic rings. The summed E-state index contributed by atoms with van der Waals surface area (Å²) < 4.78 is 12.0. The molecule has 0 bridgehead atoms. The van der Waals surface area contributed by atoms with Crippen LogP contribution in [0.25, 0.3) is 0 Å². The Morgan fingerprint density at radius 2 is 1.83 bits per heavy atom. The van der Waals surface area contributed by atoms with E-state index < -0.39 is 11.4 Å². The van der Waals surface area contributed by atoms with Gasteiger partial charge < -0.3 is 25.7 Å². The summed E-state index contributed by atoms with van der Waals surface area (Å²) in [5, 5.41) is 5.95. The van der Waals surface area contributed by atoms with E-state index in [4.69, 9.17) is 15.0 Å². The normalized spacial score (nSPS) is 31.2. The zero-order chi connectivity index (χ0) is 18.2. The van der Waals surface area contributed by atoms with Gasteiger partial charge in [0.25, 0.3) is 0 Å². The molecule has 2 fully saturated rings. The van der Waals surface area contributed by atoms with Gasteiger partial charge in [0.2, 0.25) is 11.8 Å². The van der Waals surface area contributed by atoms with Crippen molar-refractivity contribution in [3.8, 4) is 0 Å². The predicted molar refractivity (Wildman–Crippen MR) is 92.2 cm³/mol. The number of carbonyl (C=O) groups excluding carboxylic acids is 2. The van der Waals surface area contributed by atoms with Crippen molar-refractivity contribution in [2.45, 2.75) is 70.5 Å². The van der Waals surface area contributed by atoms with Gasteiger partial charge in [0.15, 0.2) is 0 Å². The second-order valence-corrected chi connectivity index (χ2v) is 7.96. The summed E-state index contributed by atoms with van der Waals surface area (Å²) in [6, 6.07) is 0. The Morgan fingerprint density at radius 1 is 1.25 bits per heavy atom. The second kappa shape index (κ2) is 6.65. The van der Waals surface area contributed by atoms with E-state index in [1.165, 1.54) is 6.92 Å². The molecule has 136 valence electrons. The van der Waals surface area contributed by atoms with Crippen molar-refractivity contribution in [2.75, 3.05) is 13.1 Å². The lowest BCUT2D eigenvalue weighted by molar-refractivity contribution is -0.131. The number of nitrogens with two attached hydrogens (primary N) is 1. The predicted octanol–water partition coefficient (Wildman–Crippen LogP) is 0.438. The van der Waals surface area contributed by atoms with Gasteiger partial charge in [-0.25, -0.2) is 0 Å². The van der Waals surface area contributed by atoms with Gasteiger partial charge in [-0.3, -0.25) is 9.59 Å². The largest absolute Gasteiger partial charge is 0.457 e. The summed E-state index contributed by atoms with van der Waals surface area (Å²) in [4.78, 5) is 23.5. The molecule has 4 N–H and O–H groups in total. The minimum absolute atomic E-state index is 0.0266. The molecule has 2 heterocycles. The van der Waals surface area contributed by atoms with Crippen LogP contribution >= 0.6 is 0 Å². The lowest BCUT2D eigenvalue weighted by atomic mass is 9.77. The molecular formula is C16H30BN3O4. The van der Waals surface area contributed by atoms with Crippen LogP contribution < -0.4 is 16.4 Å². The van der Waals surface area contributed by atoms with Crippen molar-refractivity contribution in [2.24, 2.45) is 11.7 Å². The number of hydrogen-bond acceptors (Lipinski definition) is 5. The summed E-state index contributed by atoms with van der Waals surface area (Å²) in [5.74, 6) is -0.752. The van der Waals surface area contributed by atoms with Gasteiger partial charge in [-0.15, -0.1) is 0 Å². The number of carbonyl (C=O) groups is 2. The molecule has 24 heavy (non-hydrogen) atoms. The Labute approximate surface area is 144 Å². The van der Waals surface area contributed by atoms with E-state index in [9.17, 15) is 9.59 Å². The SMILES string of the molecule is CC(=O)N[C@@]1(C(N)=O)CNC[C@@H]1CCCB1OC(C)(C)C(C)(C)O1. The first-order valence-electron chi connectivity index (χ1n) is 8.65. The Hall–Kier alpha value is -1.12. The highest BCUT2D eigenvalue weighted by Crippen LogP contribution is 2.38. The highest BCUT2D eigenvalue weighted by molar-refractivity contribution is 6.45. The van der Waals surface area contributed by atoms with Gasteiger partial charge in [-0.2, -0.15) is 0 Å². The molecule has 2 rings (SSSR count). The maximum atomic E-state index is 12.0.